The number of hydrogen-bond donors (Lipinski definition) is 1. The first-order valence-electron chi connectivity index (χ1n) is 11.6. The largest absolute Gasteiger partial charge is 0.497 e. The zero-order chi connectivity index (χ0) is 23.3. The average molecular weight is 443 g/mol. The molecule has 4 heteroatoms. The summed E-state index contributed by atoms with van der Waals surface area (Å²) in [7, 11) is 0.105. The summed E-state index contributed by atoms with van der Waals surface area (Å²) in [6.45, 7) is 15.3. The van der Waals surface area contributed by atoms with Crippen LogP contribution in [0.5, 0.6) is 5.75 Å². The predicted octanol–water partition coefficient (Wildman–Crippen LogP) is 6.54. The molecule has 0 saturated heterocycles. The lowest BCUT2D eigenvalue weighted by Crippen LogP contribution is -2.30. The van der Waals surface area contributed by atoms with Crippen LogP contribution in [0.25, 0.3) is 0 Å². The molecule has 1 N–H and O–H groups in total. The minimum Gasteiger partial charge on any atom is -0.497 e. The van der Waals surface area contributed by atoms with E-state index in [1.54, 1.807) is 7.11 Å². The van der Waals surface area contributed by atoms with E-state index in [1.807, 2.05) is 30.3 Å². The third-order valence-electron chi connectivity index (χ3n) is 6.37. The Hall–Kier alpha value is -1.80. The van der Waals surface area contributed by atoms with E-state index in [0.717, 1.165) is 47.9 Å². The van der Waals surface area contributed by atoms with Crippen LogP contribution < -0.4 is 4.74 Å². The number of aliphatic hydroxyl groups is 1. The van der Waals surface area contributed by atoms with Crippen molar-refractivity contribution in [2.75, 3.05) is 7.11 Å². The standard InChI is InChI=1S/C27H42O3Si/c1-8-13-27(30-21-23-14-16-25(29-7)17-15-23)22(6)20-24(9-2)26(28)18-19-31(10-3,11-4)12-5/h8,14-17,20,24,26-28H,1,9-13,21H2,2-7H3/b22-20+/t24-,26-,27-/m0/s1. The highest BCUT2D eigenvalue weighted by molar-refractivity contribution is 6.87. The van der Waals surface area contributed by atoms with E-state index < -0.39 is 14.2 Å². The van der Waals surface area contributed by atoms with E-state index in [4.69, 9.17) is 9.47 Å². The molecule has 31 heavy (non-hydrogen) atoms. The number of benzene rings is 1. The van der Waals surface area contributed by atoms with Crippen LogP contribution in [0, 0.1) is 17.4 Å². The maximum Gasteiger partial charge on any atom is 0.137 e. The number of ether oxygens (including phenoxy) is 2. The second-order valence-electron chi connectivity index (χ2n) is 8.21. The van der Waals surface area contributed by atoms with Gasteiger partial charge in [0.15, 0.2) is 0 Å². The van der Waals surface area contributed by atoms with Crippen molar-refractivity contribution in [3.05, 3.63) is 54.1 Å². The fourth-order valence-corrected chi connectivity index (χ4v) is 6.17. The molecule has 0 saturated carbocycles. The number of methoxy groups -OCH3 is 1. The molecule has 0 bridgehead atoms. The van der Waals surface area contributed by atoms with E-state index in [9.17, 15) is 5.11 Å². The lowest BCUT2D eigenvalue weighted by molar-refractivity contribution is 0.0654. The van der Waals surface area contributed by atoms with Crippen molar-refractivity contribution in [2.24, 2.45) is 5.92 Å². The molecule has 0 aliphatic heterocycles. The Morgan fingerprint density at radius 3 is 2.23 bits per heavy atom. The second kappa shape index (κ2) is 14.3. The van der Waals surface area contributed by atoms with Crippen molar-refractivity contribution < 1.29 is 14.6 Å². The summed E-state index contributed by atoms with van der Waals surface area (Å²) in [4.78, 5) is 0. The Bertz CT molecular complexity index is 730. The van der Waals surface area contributed by atoms with Crippen LogP contribution >= 0.6 is 0 Å². The summed E-state index contributed by atoms with van der Waals surface area (Å²) in [5.74, 6) is 4.06. The van der Waals surface area contributed by atoms with Gasteiger partial charge in [-0.15, -0.1) is 12.1 Å². The van der Waals surface area contributed by atoms with Crippen molar-refractivity contribution in [1.82, 2.24) is 0 Å². The summed E-state index contributed by atoms with van der Waals surface area (Å²) < 4.78 is 11.4. The van der Waals surface area contributed by atoms with Crippen molar-refractivity contribution in [3.8, 4) is 17.2 Å². The monoisotopic (exact) mass is 442 g/mol. The van der Waals surface area contributed by atoms with Crippen molar-refractivity contribution in [3.63, 3.8) is 0 Å². The fourth-order valence-electron chi connectivity index (χ4n) is 3.68. The van der Waals surface area contributed by atoms with Crippen molar-refractivity contribution in [1.29, 1.82) is 0 Å². The molecule has 0 spiro atoms. The van der Waals surface area contributed by atoms with Gasteiger partial charge in [0.1, 0.15) is 19.9 Å². The van der Waals surface area contributed by atoms with E-state index in [0.29, 0.717) is 6.61 Å². The Balaban J connectivity index is 2.91. The van der Waals surface area contributed by atoms with Gasteiger partial charge in [-0.1, -0.05) is 57.9 Å². The fraction of sp³-hybridized carbons (Fsp3) is 0.556. The van der Waals surface area contributed by atoms with Crippen LogP contribution in [-0.4, -0.2) is 32.5 Å². The first kappa shape index (κ1) is 27.2. The first-order chi connectivity index (χ1) is 14.9. The number of hydrogen-bond acceptors (Lipinski definition) is 3. The van der Waals surface area contributed by atoms with Crippen LogP contribution in [0.15, 0.2) is 48.6 Å². The van der Waals surface area contributed by atoms with Gasteiger partial charge in [-0.3, -0.25) is 0 Å². The number of rotatable bonds is 13. The summed E-state index contributed by atoms with van der Waals surface area (Å²) in [6, 6.07) is 11.4. The van der Waals surface area contributed by atoms with E-state index in [2.05, 4.69) is 58.7 Å². The SMILES string of the molecule is C=CC[C@H](OCc1ccc(OC)cc1)/C(C)=C/[C@H](CC)[C@@H](O)C#C[Si](CC)(CC)CC. The van der Waals surface area contributed by atoms with Crippen LogP contribution in [0.1, 0.15) is 53.0 Å². The molecule has 0 radical (unpaired) electrons. The Morgan fingerprint density at radius 2 is 1.74 bits per heavy atom. The van der Waals surface area contributed by atoms with Gasteiger partial charge in [0.25, 0.3) is 0 Å². The van der Waals surface area contributed by atoms with Crippen LogP contribution in [-0.2, 0) is 11.3 Å². The van der Waals surface area contributed by atoms with Gasteiger partial charge in [-0.05, 0) is 61.2 Å². The molecule has 172 valence electrons. The molecular formula is C27H42O3Si. The molecule has 0 aromatic heterocycles. The third-order valence-corrected chi connectivity index (χ3v) is 11.1. The maximum absolute atomic E-state index is 10.8. The highest BCUT2D eigenvalue weighted by Crippen LogP contribution is 2.22. The maximum atomic E-state index is 10.8. The summed E-state index contributed by atoms with van der Waals surface area (Å²) >= 11 is 0. The smallest absolute Gasteiger partial charge is 0.137 e. The summed E-state index contributed by atoms with van der Waals surface area (Å²) in [5, 5.41) is 10.8. The van der Waals surface area contributed by atoms with E-state index in [1.165, 1.54) is 0 Å². The summed E-state index contributed by atoms with van der Waals surface area (Å²) in [6.07, 6.45) is 4.90. The van der Waals surface area contributed by atoms with Gasteiger partial charge >= 0.3 is 0 Å². The van der Waals surface area contributed by atoms with Gasteiger partial charge in [0.05, 0.1) is 19.8 Å². The van der Waals surface area contributed by atoms with E-state index >= 15 is 0 Å². The van der Waals surface area contributed by atoms with Gasteiger partial charge in [-0.25, -0.2) is 0 Å². The van der Waals surface area contributed by atoms with Crippen LogP contribution in [0.2, 0.25) is 18.1 Å². The molecule has 0 aliphatic carbocycles. The Morgan fingerprint density at radius 1 is 1.13 bits per heavy atom. The predicted molar refractivity (Wildman–Crippen MR) is 135 cm³/mol. The molecule has 1 aromatic carbocycles. The number of aliphatic hydroxyl groups excluding tert-OH is 1. The Kier molecular flexibility index (Phi) is 12.6. The molecule has 0 aliphatic rings. The normalized spacial score (nSPS) is 14.9. The minimum atomic E-state index is -1.56. The van der Waals surface area contributed by atoms with Gasteiger partial charge in [-0.2, -0.15) is 0 Å². The van der Waals surface area contributed by atoms with Crippen molar-refractivity contribution >= 4 is 8.07 Å². The lowest BCUT2D eigenvalue weighted by Gasteiger charge is -2.22. The highest BCUT2D eigenvalue weighted by atomic mass is 28.3. The second-order valence-corrected chi connectivity index (χ2v) is 13.1. The van der Waals surface area contributed by atoms with E-state index in [-0.39, 0.29) is 12.0 Å². The summed E-state index contributed by atoms with van der Waals surface area (Å²) in [5.41, 5.74) is 5.75. The Labute approximate surface area is 191 Å². The van der Waals surface area contributed by atoms with Crippen molar-refractivity contribution in [2.45, 2.75) is 84.4 Å². The molecule has 1 aromatic rings. The molecule has 0 unspecified atom stereocenters. The molecule has 3 atom stereocenters. The zero-order valence-electron chi connectivity index (χ0n) is 20.4. The molecule has 0 amide bonds. The highest BCUT2D eigenvalue weighted by Gasteiger charge is 2.25. The first-order valence-corrected chi connectivity index (χ1v) is 14.2. The van der Waals surface area contributed by atoms with Crippen LogP contribution in [0.4, 0.5) is 0 Å². The lowest BCUT2D eigenvalue weighted by atomic mass is 9.95. The quantitative estimate of drug-likeness (QED) is 0.214. The average Bonchev–Trinajstić information content (AvgIpc) is 2.81. The van der Waals surface area contributed by atoms with Gasteiger partial charge in [0, 0.05) is 5.92 Å². The molecule has 1 rings (SSSR count). The van der Waals surface area contributed by atoms with Gasteiger partial charge < -0.3 is 14.6 Å². The van der Waals surface area contributed by atoms with Crippen LogP contribution in [0.3, 0.4) is 0 Å². The third kappa shape index (κ3) is 8.69. The molecule has 0 fully saturated rings. The minimum absolute atomic E-state index is 0.00155. The molecule has 3 nitrogen and oxygen atoms in total. The zero-order valence-corrected chi connectivity index (χ0v) is 21.4. The molecule has 0 heterocycles. The topological polar surface area (TPSA) is 38.7 Å². The van der Waals surface area contributed by atoms with Gasteiger partial charge in [0.2, 0.25) is 0 Å². The molecular weight excluding hydrogens is 400 g/mol.